The van der Waals surface area contributed by atoms with Crippen LogP contribution in [0.25, 0.3) is 0 Å². The van der Waals surface area contributed by atoms with Crippen LogP contribution in [0.1, 0.15) is 33.6 Å². The fourth-order valence-corrected chi connectivity index (χ4v) is 1.25. The van der Waals surface area contributed by atoms with E-state index in [1.807, 2.05) is 6.07 Å². The number of carbonyl (C=O) groups is 1. The van der Waals surface area contributed by atoms with Gasteiger partial charge in [-0.1, -0.05) is 0 Å². The molecule has 2 unspecified atom stereocenters. The molecular formula is C12H21FN2O3. The van der Waals surface area contributed by atoms with Gasteiger partial charge in [-0.15, -0.1) is 0 Å². The highest BCUT2D eigenvalue weighted by Gasteiger charge is 2.20. The first-order valence-corrected chi connectivity index (χ1v) is 5.83. The number of hydrogen-bond donors (Lipinski definition) is 1. The summed E-state index contributed by atoms with van der Waals surface area (Å²) < 4.78 is 22.5. The second kappa shape index (κ2) is 7.88. The molecule has 0 radical (unpaired) electrons. The Morgan fingerprint density at radius 1 is 1.50 bits per heavy atom. The van der Waals surface area contributed by atoms with Gasteiger partial charge in [0.2, 0.25) is 6.36 Å². The van der Waals surface area contributed by atoms with E-state index in [0.717, 1.165) is 0 Å². The van der Waals surface area contributed by atoms with Crippen LogP contribution in [-0.2, 0) is 9.47 Å². The molecule has 5 nitrogen and oxygen atoms in total. The molecule has 0 saturated heterocycles. The second-order valence-corrected chi connectivity index (χ2v) is 4.89. The van der Waals surface area contributed by atoms with Crippen LogP contribution >= 0.6 is 0 Å². The number of halogens is 1. The Kier molecular flexibility index (Phi) is 7.29. The predicted octanol–water partition coefficient (Wildman–Crippen LogP) is 2.37. The molecular weight excluding hydrogens is 239 g/mol. The van der Waals surface area contributed by atoms with E-state index in [1.54, 1.807) is 20.8 Å². The summed E-state index contributed by atoms with van der Waals surface area (Å²) in [5, 5.41) is 11.2. The standard InChI is InChI=1S/C12H21FN2O3/c1-12(2,3)18-11(16)15-7-5-6-9(8-14)10(13)17-4/h9-10H,5-7H2,1-4H3,(H,15,16). The van der Waals surface area contributed by atoms with Crippen LogP contribution < -0.4 is 5.32 Å². The molecule has 1 amide bonds. The number of nitrogens with one attached hydrogen (secondary N) is 1. The number of amides is 1. The zero-order chi connectivity index (χ0) is 14.2. The number of alkyl carbamates (subject to hydrolysis) is 1. The van der Waals surface area contributed by atoms with E-state index in [1.165, 1.54) is 7.11 Å². The molecule has 2 atom stereocenters. The lowest BCUT2D eigenvalue weighted by molar-refractivity contribution is -0.0353. The molecule has 0 rings (SSSR count). The first-order valence-electron chi connectivity index (χ1n) is 5.83. The number of nitrogens with zero attached hydrogens (tertiary/aromatic N) is 1. The molecule has 0 aliphatic heterocycles. The summed E-state index contributed by atoms with van der Waals surface area (Å²) in [6.45, 7) is 5.64. The van der Waals surface area contributed by atoms with Gasteiger partial charge in [0.15, 0.2) is 0 Å². The minimum atomic E-state index is -1.59. The zero-order valence-electron chi connectivity index (χ0n) is 11.3. The van der Waals surface area contributed by atoms with Crippen molar-refractivity contribution in [3.63, 3.8) is 0 Å². The number of alkyl halides is 1. The van der Waals surface area contributed by atoms with Crippen LogP contribution in [0.3, 0.4) is 0 Å². The van der Waals surface area contributed by atoms with E-state index < -0.39 is 24.0 Å². The number of hydrogen-bond acceptors (Lipinski definition) is 4. The summed E-state index contributed by atoms with van der Waals surface area (Å²) in [5.41, 5.74) is -0.542. The Bertz CT molecular complexity index is 297. The topological polar surface area (TPSA) is 71.3 Å². The van der Waals surface area contributed by atoms with Crippen molar-refractivity contribution in [2.24, 2.45) is 5.92 Å². The molecule has 0 bridgehead atoms. The first-order chi connectivity index (χ1) is 8.30. The third-order valence-electron chi connectivity index (χ3n) is 2.07. The molecule has 1 N–H and O–H groups in total. The number of carbonyl (C=O) groups excluding carboxylic acids is 1. The van der Waals surface area contributed by atoms with Crippen LogP contribution in [0.5, 0.6) is 0 Å². The summed E-state index contributed by atoms with van der Waals surface area (Å²) >= 11 is 0. The number of nitriles is 1. The van der Waals surface area contributed by atoms with Crippen molar-refractivity contribution in [1.29, 1.82) is 5.26 Å². The molecule has 0 aliphatic carbocycles. The molecule has 18 heavy (non-hydrogen) atoms. The average Bonchev–Trinajstić information content (AvgIpc) is 2.26. The lowest BCUT2D eigenvalue weighted by Crippen LogP contribution is -2.33. The van der Waals surface area contributed by atoms with Crippen molar-refractivity contribution in [2.75, 3.05) is 13.7 Å². The molecule has 104 valence electrons. The van der Waals surface area contributed by atoms with Crippen molar-refractivity contribution in [1.82, 2.24) is 5.32 Å². The van der Waals surface area contributed by atoms with Gasteiger partial charge in [-0.2, -0.15) is 5.26 Å². The van der Waals surface area contributed by atoms with Gasteiger partial charge in [0, 0.05) is 13.7 Å². The Balaban J connectivity index is 3.80. The maximum absolute atomic E-state index is 13.0. The largest absolute Gasteiger partial charge is 0.444 e. The predicted molar refractivity (Wildman–Crippen MR) is 64.5 cm³/mol. The summed E-state index contributed by atoms with van der Waals surface area (Å²) in [5.74, 6) is -0.810. The highest BCUT2D eigenvalue weighted by atomic mass is 19.1. The molecule has 6 heteroatoms. The smallest absolute Gasteiger partial charge is 0.407 e. The van der Waals surface area contributed by atoms with Gasteiger partial charge in [0.1, 0.15) is 11.5 Å². The lowest BCUT2D eigenvalue weighted by Gasteiger charge is -2.19. The Morgan fingerprint density at radius 2 is 2.11 bits per heavy atom. The van der Waals surface area contributed by atoms with Crippen LogP contribution in [0.15, 0.2) is 0 Å². The minimum Gasteiger partial charge on any atom is -0.444 e. The van der Waals surface area contributed by atoms with Gasteiger partial charge < -0.3 is 14.8 Å². The van der Waals surface area contributed by atoms with E-state index in [-0.39, 0.29) is 0 Å². The van der Waals surface area contributed by atoms with Crippen molar-refractivity contribution >= 4 is 6.09 Å². The molecule has 0 aromatic carbocycles. The van der Waals surface area contributed by atoms with Gasteiger partial charge in [-0.05, 0) is 33.6 Å². The maximum atomic E-state index is 13.0. The molecule has 0 aromatic heterocycles. The number of ether oxygens (including phenoxy) is 2. The van der Waals surface area contributed by atoms with Gasteiger partial charge in [-0.3, -0.25) is 0 Å². The van der Waals surface area contributed by atoms with Gasteiger partial charge >= 0.3 is 6.09 Å². The SMILES string of the molecule is COC(F)C(C#N)CCCNC(=O)OC(C)(C)C. The van der Waals surface area contributed by atoms with Crippen LogP contribution in [0, 0.1) is 17.2 Å². The third-order valence-corrected chi connectivity index (χ3v) is 2.07. The molecule has 0 fully saturated rings. The van der Waals surface area contributed by atoms with Crippen LogP contribution in [-0.4, -0.2) is 31.7 Å². The fraction of sp³-hybridized carbons (Fsp3) is 0.833. The zero-order valence-corrected chi connectivity index (χ0v) is 11.3. The van der Waals surface area contributed by atoms with Crippen molar-refractivity contribution in [3.05, 3.63) is 0 Å². The van der Waals surface area contributed by atoms with Crippen molar-refractivity contribution in [3.8, 4) is 6.07 Å². The monoisotopic (exact) mass is 260 g/mol. The molecule has 0 saturated carbocycles. The number of rotatable bonds is 6. The lowest BCUT2D eigenvalue weighted by atomic mass is 10.1. The van der Waals surface area contributed by atoms with E-state index >= 15 is 0 Å². The average molecular weight is 260 g/mol. The second-order valence-electron chi connectivity index (χ2n) is 4.89. The third kappa shape index (κ3) is 7.85. The van der Waals surface area contributed by atoms with Crippen molar-refractivity contribution in [2.45, 2.75) is 45.6 Å². The van der Waals surface area contributed by atoms with Crippen LogP contribution in [0.2, 0.25) is 0 Å². The molecule has 0 aromatic rings. The fourth-order valence-electron chi connectivity index (χ4n) is 1.25. The molecule has 0 spiro atoms. The Hall–Kier alpha value is -1.35. The number of methoxy groups -OCH3 is 1. The first kappa shape index (κ1) is 16.6. The summed E-state index contributed by atoms with van der Waals surface area (Å²) in [4.78, 5) is 11.3. The van der Waals surface area contributed by atoms with Gasteiger partial charge in [0.05, 0.1) is 6.07 Å². The van der Waals surface area contributed by atoms with Crippen molar-refractivity contribution < 1.29 is 18.7 Å². The molecule has 0 heterocycles. The normalized spacial score (nSPS) is 14.4. The Labute approximate surface area is 107 Å². The van der Waals surface area contributed by atoms with E-state index in [4.69, 9.17) is 10.00 Å². The highest BCUT2D eigenvalue weighted by molar-refractivity contribution is 5.67. The quantitative estimate of drug-likeness (QED) is 0.744. The van der Waals surface area contributed by atoms with E-state index in [9.17, 15) is 9.18 Å². The van der Waals surface area contributed by atoms with E-state index in [0.29, 0.717) is 19.4 Å². The van der Waals surface area contributed by atoms with Gasteiger partial charge in [0.25, 0.3) is 0 Å². The molecule has 0 aliphatic rings. The highest BCUT2D eigenvalue weighted by Crippen LogP contribution is 2.14. The summed E-state index contributed by atoms with van der Waals surface area (Å²) in [7, 11) is 1.22. The van der Waals surface area contributed by atoms with E-state index in [2.05, 4.69) is 10.1 Å². The summed E-state index contributed by atoms with van der Waals surface area (Å²) in [6.07, 6.45) is -1.29. The van der Waals surface area contributed by atoms with Crippen LogP contribution in [0.4, 0.5) is 9.18 Å². The van der Waals surface area contributed by atoms with Gasteiger partial charge in [-0.25, -0.2) is 9.18 Å². The Morgan fingerprint density at radius 3 is 2.56 bits per heavy atom. The minimum absolute atomic E-state index is 0.321. The summed E-state index contributed by atoms with van der Waals surface area (Å²) in [6, 6.07) is 1.84. The maximum Gasteiger partial charge on any atom is 0.407 e.